The Labute approximate surface area is 95.4 Å². The van der Waals surface area contributed by atoms with Crippen LogP contribution >= 0.6 is 0 Å². The summed E-state index contributed by atoms with van der Waals surface area (Å²) in [4.78, 5) is 4.21. The molecule has 0 aliphatic carbocycles. The lowest BCUT2D eigenvalue weighted by Gasteiger charge is -2.20. The Morgan fingerprint density at radius 3 is 2.75 bits per heavy atom. The number of alkyl halides is 1. The molecule has 1 aromatic heterocycles. The van der Waals surface area contributed by atoms with E-state index in [1.54, 1.807) is 0 Å². The normalized spacial score (nSPS) is 18.9. The molecule has 1 aliphatic rings. The summed E-state index contributed by atoms with van der Waals surface area (Å²) in [6.45, 7) is 5.12. The van der Waals surface area contributed by atoms with E-state index in [-0.39, 0.29) is 0 Å². The van der Waals surface area contributed by atoms with Crippen LogP contribution < -0.4 is 5.32 Å². The van der Waals surface area contributed by atoms with Crippen LogP contribution in [0.5, 0.6) is 0 Å². The van der Waals surface area contributed by atoms with Gasteiger partial charge in [0.15, 0.2) is 5.89 Å². The molecule has 2 rings (SSSR count). The maximum absolute atomic E-state index is 13.6. The molecule has 0 aromatic carbocycles. The number of rotatable bonds is 3. The largest absolute Gasteiger partial charge is 0.449 e. The number of hydrogen-bond acceptors (Lipinski definition) is 3. The van der Waals surface area contributed by atoms with Crippen molar-refractivity contribution in [2.45, 2.75) is 38.8 Å². The summed E-state index contributed by atoms with van der Waals surface area (Å²) < 4.78 is 18.9. The van der Waals surface area contributed by atoms with Crippen LogP contribution in [0.4, 0.5) is 4.39 Å². The van der Waals surface area contributed by atoms with Gasteiger partial charge in [0.25, 0.3) is 0 Å². The number of hydrogen-bond donors (Lipinski definition) is 1. The Bertz CT molecular complexity index is 337. The molecule has 1 saturated heterocycles. The monoisotopic (exact) mass is 226 g/mol. The highest BCUT2D eigenvalue weighted by Crippen LogP contribution is 2.25. The highest BCUT2D eigenvalue weighted by Gasteiger charge is 2.24. The van der Waals surface area contributed by atoms with Gasteiger partial charge in [0.05, 0.1) is 0 Å². The van der Waals surface area contributed by atoms with E-state index >= 15 is 0 Å². The summed E-state index contributed by atoms with van der Waals surface area (Å²) in [5.74, 6) is 1.29. The Kier molecular flexibility index (Phi) is 3.28. The Balaban J connectivity index is 1.97. The SMILES string of the molecule is CC(C)(F)c1coc(CC2CCNCC2)n1. The first-order valence-corrected chi connectivity index (χ1v) is 5.90. The molecule has 4 heteroatoms. The molecule has 0 unspecified atom stereocenters. The van der Waals surface area contributed by atoms with E-state index in [4.69, 9.17) is 4.42 Å². The first kappa shape index (κ1) is 11.6. The summed E-state index contributed by atoms with van der Waals surface area (Å²) in [5.41, 5.74) is -1.01. The summed E-state index contributed by atoms with van der Waals surface area (Å²) >= 11 is 0. The summed E-state index contributed by atoms with van der Waals surface area (Å²) in [6.07, 6.45) is 4.57. The predicted octanol–water partition coefficient (Wildman–Crippen LogP) is 2.42. The van der Waals surface area contributed by atoms with Gasteiger partial charge in [-0.05, 0) is 45.7 Å². The second-order valence-electron chi connectivity index (χ2n) is 5.00. The van der Waals surface area contributed by atoms with E-state index in [0.717, 1.165) is 32.4 Å². The van der Waals surface area contributed by atoms with E-state index in [2.05, 4.69) is 10.3 Å². The zero-order valence-electron chi connectivity index (χ0n) is 9.92. The van der Waals surface area contributed by atoms with Crippen molar-refractivity contribution in [3.8, 4) is 0 Å². The molecular weight excluding hydrogens is 207 g/mol. The third kappa shape index (κ3) is 2.82. The summed E-state index contributed by atoms with van der Waals surface area (Å²) in [5, 5.41) is 3.32. The van der Waals surface area contributed by atoms with Crippen LogP contribution in [0.15, 0.2) is 10.7 Å². The fourth-order valence-corrected chi connectivity index (χ4v) is 2.01. The molecule has 0 bridgehead atoms. The summed E-state index contributed by atoms with van der Waals surface area (Å²) in [6, 6.07) is 0. The molecule has 90 valence electrons. The minimum Gasteiger partial charge on any atom is -0.449 e. The van der Waals surface area contributed by atoms with E-state index in [0.29, 0.717) is 17.5 Å². The van der Waals surface area contributed by atoms with Crippen molar-refractivity contribution in [1.82, 2.24) is 10.3 Å². The van der Waals surface area contributed by atoms with Gasteiger partial charge < -0.3 is 9.73 Å². The zero-order chi connectivity index (χ0) is 11.6. The molecular formula is C12H19FN2O. The lowest BCUT2D eigenvalue weighted by molar-refractivity contribution is 0.214. The maximum Gasteiger partial charge on any atom is 0.194 e. The van der Waals surface area contributed by atoms with Crippen LogP contribution in [-0.4, -0.2) is 18.1 Å². The molecule has 0 atom stereocenters. The third-order valence-corrected chi connectivity index (χ3v) is 3.08. The van der Waals surface area contributed by atoms with Crippen molar-refractivity contribution in [3.05, 3.63) is 17.8 Å². The maximum atomic E-state index is 13.6. The molecule has 2 heterocycles. The van der Waals surface area contributed by atoms with Crippen molar-refractivity contribution in [2.24, 2.45) is 5.92 Å². The Hall–Kier alpha value is -0.900. The molecule has 0 radical (unpaired) electrons. The van der Waals surface area contributed by atoms with E-state index in [1.807, 2.05) is 0 Å². The van der Waals surface area contributed by atoms with E-state index in [9.17, 15) is 4.39 Å². The van der Waals surface area contributed by atoms with E-state index < -0.39 is 5.67 Å². The quantitative estimate of drug-likeness (QED) is 0.860. The number of oxazole rings is 1. The Morgan fingerprint density at radius 1 is 1.50 bits per heavy atom. The number of aromatic nitrogens is 1. The van der Waals surface area contributed by atoms with Crippen molar-refractivity contribution < 1.29 is 8.81 Å². The van der Waals surface area contributed by atoms with Crippen molar-refractivity contribution in [3.63, 3.8) is 0 Å². The van der Waals surface area contributed by atoms with Crippen LogP contribution in [0, 0.1) is 5.92 Å². The van der Waals surface area contributed by atoms with Gasteiger partial charge in [-0.3, -0.25) is 0 Å². The average Bonchev–Trinajstić information content (AvgIpc) is 2.67. The lowest BCUT2D eigenvalue weighted by atomic mass is 9.95. The third-order valence-electron chi connectivity index (χ3n) is 3.08. The zero-order valence-corrected chi connectivity index (χ0v) is 9.92. The number of nitrogens with one attached hydrogen (secondary N) is 1. The number of piperidine rings is 1. The predicted molar refractivity (Wildman–Crippen MR) is 59.9 cm³/mol. The average molecular weight is 226 g/mol. The minimum atomic E-state index is -1.41. The van der Waals surface area contributed by atoms with Crippen molar-refractivity contribution >= 4 is 0 Å². The fourth-order valence-electron chi connectivity index (χ4n) is 2.01. The van der Waals surface area contributed by atoms with Gasteiger partial charge in [-0.25, -0.2) is 9.37 Å². The highest BCUT2D eigenvalue weighted by molar-refractivity contribution is 5.06. The summed E-state index contributed by atoms with van der Waals surface area (Å²) in [7, 11) is 0. The molecule has 0 saturated carbocycles. The number of halogens is 1. The molecule has 1 aliphatic heterocycles. The van der Waals surface area contributed by atoms with Gasteiger partial charge in [0, 0.05) is 6.42 Å². The van der Waals surface area contributed by atoms with Gasteiger partial charge in [0.1, 0.15) is 17.6 Å². The van der Waals surface area contributed by atoms with Crippen LogP contribution in [-0.2, 0) is 12.1 Å². The number of nitrogens with zero attached hydrogens (tertiary/aromatic N) is 1. The molecule has 1 aromatic rings. The van der Waals surface area contributed by atoms with Gasteiger partial charge in [0.2, 0.25) is 0 Å². The first-order valence-electron chi connectivity index (χ1n) is 5.90. The molecule has 0 spiro atoms. The van der Waals surface area contributed by atoms with Gasteiger partial charge >= 0.3 is 0 Å². The van der Waals surface area contributed by atoms with Crippen LogP contribution in [0.25, 0.3) is 0 Å². The highest BCUT2D eigenvalue weighted by atomic mass is 19.1. The first-order chi connectivity index (χ1) is 7.55. The van der Waals surface area contributed by atoms with Crippen molar-refractivity contribution in [1.29, 1.82) is 0 Å². The van der Waals surface area contributed by atoms with E-state index in [1.165, 1.54) is 20.1 Å². The van der Waals surface area contributed by atoms with Crippen LogP contribution in [0.3, 0.4) is 0 Å². The second kappa shape index (κ2) is 4.53. The van der Waals surface area contributed by atoms with Gasteiger partial charge in [-0.1, -0.05) is 0 Å². The van der Waals surface area contributed by atoms with Gasteiger partial charge in [-0.15, -0.1) is 0 Å². The molecule has 0 amide bonds. The van der Waals surface area contributed by atoms with Crippen LogP contribution in [0.1, 0.15) is 38.3 Å². The Morgan fingerprint density at radius 2 is 2.19 bits per heavy atom. The lowest BCUT2D eigenvalue weighted by Crippen LogP contribution is -2.28. The van der Waals surface area contributed by atoms with Gasteiger partial charge in [-0.2, -0.15) is 0 Å². The van der Waals surface area contributed by atoms with Crippen molar-refractivity contribution in [2.75, 3.05) is 13.1 Å². The second-order valence-corrected chi connectivity index (χ2v) is 5.00. The minimum absolute atomic E-state index is 0.399. The standard InChI is InChI=1S/C12H19FN2O/c1-12(2,13)10-8-16-11(15-10)7-9-3-5-14-6-4-9/h8-9,14H,3-7H2,1-2H3. The topological polar surface area (TPSA) is 38.1 Å². The molecule has 3 nitrogen and oxygen atoms in total. The fraction of sp³-hybridized carbons (Fsp3) is 0.750. The van der Waals surface area contributed by atoms with Crippen LogP contribution in [0.2, 0.25) is 0 Å². The molecule has 1 N–H and O–H groups in total. The smallest absolute Gasteiger partial charge is 0.194 e. The molecule has 1 fully saturated rings. The molecule has 16 heavy (non-hydrogen) atoms.